The highest BCUT2D eigenvalue weighted by Crippen LogP contribution is 2.12. The van der Waals surface area contributed by atoms with Crippen molar-refractivity contribution < 1.29 is 14.3 Å². The molecule has 2 N–H and O–H groups in total. The molecule has 8 nitrogen and oxygen atoms in total. The normalized spacial score (nSPS) is 10.1. The van der Waals surface area contributed by atoms with E-state index in [1.807, 2.05) is 24.3 Å². The van der Waals surface area contributed by atoms with E-state index in [-0.39, 0.29) is 18.4 Å². The predicted molar refractivity (Wildman–Crippen MR) is 79.2 cm³/mol. The lowest BCUT2D eigenvalue weighted by Crippen LogP contribution is -2.27. The summed E-state index contributed by atoms with van der Waals surface area (Å²) >= 11 is 0. The molecular weight excluding hydrogens is 286 g/mol. The number of ether oxygens (including phenoxy) is 1. The number of nitrogens with zero attached hydrogens (tertiary/aromatic N) is 3. The van der Waals surface area contributed by atoms with Gasteiger partial charge in [0.1, 0.15) is 12.3 Å². The van der Waals surface area contributed by atoms with Crippen molar-refractivity contribution >= 4 is 17.6 Å². The van der Waals surface area contributed by atoms with Crippen molar-refractivity contribution in [2.75, 3.05) is 12.4 Å². The van der Waals surface area contributed by atoms with Gasteiger partial charge in [-0.3, -0.25) is 9.59 Å². The molecule has 0 saturated carbocycles. The minimum absolute atomic E-state index is 0.0244. The van der Waals surface area contributed by atoms with Crippen LogP contribution in [0, 0.1) is 0 Å². The van der Waals surface area contributed by atoms with Gasteiger partial charge in [0.2, 0.25) is 11.8 Å². The summed E-state index contributed by atoms with van der Waals surface area (Å²) in [5.74, 6) is 0.604. The van der Waals surface area contributed by atoms with Gasteiger partial charge in [-0.2, -0.15) is 0 Å². The van der Waals surface area contributed by atoms with Crippen molar-refractivity contribution in [2.45, 2.75) is 20.0 Å². The zero-order valence-electron chi connectivity index (χ0n) is 12.4. The molecule has 2 amide bonds. The SMILES string of the molecule is COc1cccc(CNC(=O)Cn2cc(NC(C)=O)nn2)c1. The summed E-state index contributed by atoms with van der Waals surface area (Å²) in [5, 5.41) is 12.8. The van der Waals surface area contributed by atoms with Crippen LogP contribution < -0.4 is 15.4 Å². The smallest absolute Gasteiger partial charge is 0.242 e. The molecule has 0 radical (unpaired) electrons. The molecule has 1 aromatic heterocycles. The van der Waals surface area contributed by atoms with Crippen LogP contribution in [0.15, 0.2) is 30.5 Å². The molecule has 8 heteroatoms. The molecule has 22 heavy (non-hydrogen) atoms. The maximum atomic E-state index is 11.9. The van der Waals surface area contributed by atoms with Gasteiger partial charge in [0, 0.05) is 13.5 Å². The lowest BCUT2D eigenvalue weighted by molar-refractivity contribution is -0.122. The van der Waals surface area contributed by atoms with E-state index in [1.165, 1.54) is 17.8 Å². The van der Waals surface area contributed by atoms with E-state index in [9.17, 15) is 9.59 Å². The second kappa shape index (κ2) is 7.21. The van der Waals surface area contributed by atoms with Gasteiger partial charge in [-0.05, 0) is 17.7 Å². The van der Waals surface area contributed by atoms with Gasteiger partial charge in [0.25, 0.3) is 0 Å². The van der Waals surface area contributed by atoms with Gasteiger partial charge in [0.05, 0.1) is 13.3 Å². The van der Waals surface area contributed by atoms with Crippen LogP contribution in [-0.4, -0.2) is 33.9 Å². The molecule has 116 valence electrons. The highest BCUT2D eigenvalue weighted by Gasteiger charge is 2.07. The first-order valence-electron chi connectivity index (χ1n) is 6.64. The second-order valence-corrected chi connectivity index (χ2v) is 4.61. The highest BCUT2D eigenvalue weighted by atomic mass is 16.5. The molecule has 0 saturated heterocycles. The fourth-order valence-corrected chi connectivity index (χ4v) is 1.80. The number of nitrogens with one attached hydrogen (secondary N) is 2. The van der Waals surface area contributed by atoms with Crippen LogP contribution in [0.4, 0.5) is 5.82 Å². The third-order valence-corrected chi connectivity index (χ3v) is 2.77. The Labute approximate surface area is 127 Å². The lowest BCUT2D eigenvalue weighted by atomic mass is 10.2. The summed E-state index contributed by atoms with van der Waals surface area (Å²) in [4.78, 5) is 22.7. The summed E-state index contributed by atoms with van der Waals surface area (Å²) < 4.78 is 6.48. The number of carbonyl (C=O) groups is 2. The monoisotopic (exact) mass is 303 g/mol. The van der Waals surface area contributed by atoms with Crippen LogP contribution in [0.1, 0.15) is 12.5 Å². The number of aromatic nitrogens is 3. The molecule has 1 heterocycles. The average molecular weight is 303 g/mol. The van der Waals surface area contributed by atoms with Crippen molar-refractivity contribution in [1.82, 2.24) is 20.3 Å². The topological polar surface area (TPSA) is 98.1 Å². The van der Waals surface area contributed by atoms with Crippen molar-refractivity contribution in [3.8, 4) is 5.75 Å². The number of carbonyl (C=O) groups excluding carboxylic acids is 2. The average Bonchev–Trinajstić information content (AvgIpc) is 2.91. The van der Waals surface area contributed by atoms with Gasteiger partial charge in [0.15, 0.2) is 5.82 Å². The van der Waals surface area contributed by atoms with E-state index in [1.54, 1.807) is 7.11 Å². The Morgan fingerprint density at radius 2 is 2.18 bits per heavy atom. The lowest BCUT2D eigenvalue weighted by Gasteiger charge is -2.06. The maximum Gasteiger partial charge on any atom is 0.242 e. The summed E-state index contributed by atoms with van der Waals surface area (Å²) in [6.07, 6.45) is 1.49. The number of hydrogen-bond donors (Lipinski definition) is 2. The minimum Gasteiger partial charge on any atom is -0.497 e. The molecule has 2 aromatic rings. The van der Waals surface area contributed by atoms with Crippen LogP contribution in [0.25, 0.3) is 0 Å². The Balaban J connectivity index is 1.84. The number of anilines is 1. The van der Waals surface area contributed by atoms with Crippen LogP contribution in [0.2, 0.25) is 0 Å². The number of benzene rings is 1. The van der Waals surface area contributed by atoms with Crippen LogP contribution in [0.3, 0.4) is 0 Å². The molecule has 2 rings (SSSR count). The van der Waals surface area contributed by atoms with Crippen molar-refractivity contribution in [2.24, 2.45) is 0 Å². The Kier molecular flexibility index (Phi) is 5.07. The summed E-state index contributed by atoms with van der Waals surface area (Å²) in [6, 6.07) is 7.44. The standard InChI is InChI=1S/C14H17N5O3/c1-10(20)16-13-8-19(18-17-13)9-14(21)15-7-11-4-3-5-12(6-11)22-2/h3-6,8H,7,9H2,1-2H3,(H,15,21)(H,16,20). The summed E-state index contributed by atoms with van der Waals surface area (Å²) in [5.41, 5.74) is 0.935. The Bertz CT molecular complexity index is 668. The summed E-state index contributed by atoms with van der Waals surface area (Å²) in [7, 11) is 1.59. The van der Waals surface area contributed by atoms with Gasteiger partial charge in [-0.15, -0.1) is 5.10 Å². The molecule has 0 fully saturated rings. The van der Waals surface area contributed by atoms with Crippen molar-refractivity contribution in [1.29, 1.82) is 0 Å². The van der Waals surface area contributed by atoms with E-state index in [0.29, 0.717) is 12.4 Å². The van der Waals surface area contributed by atoms with Crippen molar-refractivity contribution in [3.63, 3.8) is 0 Å². The molecule has 1 aromatic carbocycles. The highest BCUT2D eigenvalue weighted by molar-refractivity contribution is 5.87. The Morgan fingerprint density at radius 3 is 2.91 bits per heavy atom. The molecule has 0 bridgehead atoms. The molecule has 0 aliphatic heterocycles. The molecule has 0 unspecified atom stereocenters. The molecular formula is C14H17N5O3. The first-order chi connectivity index (χ1) is 10.6. The van der Waals surface area contributed by atoms with Gasteiger partial charge < -0.3 is 15.4 Å². The predicted octanol–water partition coefficient (Wildman–Crippen LogP) is 0.561. The van der Waals surface area contributed by atoms with E-state index >= 15 is 0 Å². The zero-order valence-corrected chi connectivity index (χ0v) is 12.4. The number of rotatable bonds is 6. The second-order valence-electron chi connectivity index (χ2n) is 4.61. The quantitative estimate of drug-likeness (QED) is 0.812. The third kappa shape index (κ3) is 4.58. The van der Waals surface area contributed by atoms with E-state index in [2.05, 4.69) is 20.9 Å². The number of methoxy groups -OCH3 is 1. The van der Waals surface area contributed by atoms with Crippen LogP contribution >= 0.6 is 0 Å². The van der Waals surface area contributed by atoms with Gasteiger partial charge in [-0.25, -0.2) is 4.68 Å². The summed E-state index contributed by atoms with van der Waals surface area (Å²) in [6.45, 7) is 1.79. The Morgan fingerprint density at radius 1 is 1.36 bits per heavy atom. The molecule has 0 spiro atoms. The maximum absolute atomic E-state index is 11.9. The largest absolute Gasteiger partial charge is 0.497 e. The van der Waals surface area contributed by atoms with Gasteiger partial charge >= 0.3 is 0 Å². The van der Waals surface area contributed by atoms with E-state index in [0.717, 1.165) is 11.3 Å². The van der Waals surface area contributed by atoms with Crippen LogP contribution in [-0.2, 0) is 22.7 Å². The molecule has 0 aliphatic rings. The third-order valence-electron chi connectivity index (χ3n) is 2.77. The van der Waals surface area contributed by atoms with Crippen LogP contribution in [0.5, 0.6) is 5.75 Å². The van der Waals surface area contributed by atoms with Crippen molar-refractivity contribution in [3.05, 3.63) is 36.0 Å². The van der Waals surface area contributed by atoms with E-state index < -0.39 is 0 Å². The zero-order chi connectivity index (χ0) is 15.9. The first kappa shape index (κ1) is 15.5. The first-order valence-corrected chi connectivity index (χ1v) is 6.64. The molecule has 0 atom stereocenters. The minimum atomic E-state index is -0.241. The Hall–Kier alpha value is -2.90. The number of amides is 2. The fourth-order valence-electron chi connectivity index (χ4n) is 1.80. The van der Waals surface area contributed by atoms with E-state index in [4.69, 9.17) is 4.74 Å². The number of hydrogen-bond acceptors (Lipinski definition) is 5. The van der Waals surface area contributed by atoms with Gasteiger partial charge in [-0.1, -0.05) is 17.3 Å². The molecule has 0 aliphatic carbocycles. The fraction of sp³-hybridized carbons (Fsp3) is 0.286.